The Morgan fingerprint density at radius 2 is 2.03 bits per heavy atom. The van der Waals surface area contributed by atoms with E-state index in [0.29, 0.717) is 6.42 Å². The molecule has 0 saturated heterocycles. The quantitative estimate of drug-likeness (QED) is 0.757. The monoisotopic (exact) mass is 449 g/mol. The number of alkyl halides is 2. The second-order valence-electron chi connectivity index (χ2n) is 8.63. The number of nitrogens with one attached hydrogen (secondary N) is 1. The highest BCUT2D eigenvalue weighted by molar-refractivity contribution is 6.04. The van der Waals surface area contributed by atoms with Gasteiger partial charge in [0.1, 0.15) is 24.3 Å². The average molecular weight is 449 g/mol. The first-order chi connectivity index (χ1) is 15.0. The maximum Gasteiger partial charge on any atom is 0.296 e. The third kappa shape index (κ3) is 4.04. The molecule has 1 atom stereocenters. The predicted octanol–water partition coefficient (Wildman–Crippen LogP) is 2.72. The molecule has 0 aromatic carbocycles. The van der Waals surface area contributed by atoms with E-state index in [-0.39, 0.29) is 29.3 Å². The Balaban J connectivity index is 1.66. The molecule has 170 valence electrons. The number of carbonyl (C=O) groups excluding carboxylic acids is 2. The van der Waals surface area contributed by atoms with Crippen molar-refractivity contribution in [3.8, 4) is 0 Å². The highest BCUT2D eigenvalue weighted by Crippen LogP contribution is 2.37. The van der Waals surface area contributed by atoms with Crippen LogP contribution in [0.3, 0.4) is 0 Å². The zero-order chi connectivity index (χ0) is 23.2. The van der Waals surface area contributed by atoms with Gasteiger partial charge < -0.3 is 14.8 Å². The fraction of sp³-hybridized carbons (Fsp3) is 0.450. The first kappa shape index (κ1) is 21.8. The second-order valence-corrected chi connectivity index (χ2v) is 8.63. The van der Waals surface area contributed by atoms with E-state index in [4.69, 9.17) is 0 Å². The van der Waals surface area contributed by atoms with E-state index in [2.05, 4.69) is 20.4 Å². The molecular weight excluding hydrogens is 427 g/mol. The number of anilines is 2. The van der Waals surface area contributed by atoms with Crippen LogP contribution >= 0.6 is 0 Å². The topological polar surface area (TPSA) is 95.7 Å². The number of imidazole rings is 1. The lowest BCUT2D eigenvalue weighted by molar-refractivity contribution is -0.115. The van der Waals surface area contributed by atoms with E-state index in [1.807, 2.05) is 20.8 Å². The number of carbonyl (C=O) groups is 2. The Hall–Kier alpha value is -3.44. The van der Waals surface area contributed by atoms with Crippen molar-refractivity contribution in [3.05, 3.63) is 36.2 Å². The molecule has 4 rings (SSSR count). The zero-order valence-electron chi connectivity index (χ0n) is 17.7. The van der Waals surface area contributed by atoms with Crippen LogP contribution in [0.1, 0.15) is 37.7 Å². The molecule has 9 nitrogen and oxygen atoms in total. The van der Waals surface area contributed by atoms with Crippen molar-refractivity contribution in [2.24, 2.45) is 10.5 Å². The number of rotatable bonds is 5. The molecule has 0 radical (unpaired) electrons. The summed E-state index contributed by atoms with van der Waals surface area (Å²) in [6, 6.07) is 2.48. The number of fused-ring (bicyclic) bond motifs is 2. The maximum absolute atomic E-state index is 13.1. The van der Waals surface area contributed by atoms with Crippen molar-refractivity contribution in [1.82, 2.24) is 19.5 Å². The van der Waals surface area contributed by atoms with Gasteiger partial charge >= 0.3 is 0 Å². The molecule has 2 aliphatic rings. The number of hydrogen-bond acceptors (Lipinski definition) is 6. The summed E-state index contributed by atoms with van der Waals surface area (Å²) >= 11 is 0. The summed E-state index contributed by atoms with van der Waals surface area (Å²) in [6.45, 7) is 4.91. The van der Waals surface area contributed by atoms with Gasteiger partial charge in [0.05, 0.1) is 19.1 Å². The summed E-state index contributed by atoms with van der Waals surface area (Å²) in [7, 11) is 0. The van der Waals surface area contributed by atoms with E-state index in [0.717, 1.165) is 28.9 Å². The first-order valence-electron chi connectivity index (χ1n) is 9.97. The van der Waals surface area contributed by atoms with Crippen LogP contribution in [0.15, 0.2) is 29.8 Å². The van der Waals surface area contributed by atoms with Crippen molar-refractivity contribution in [3.63, 3.8) is 0 Å². The molecule has 2 aromatic heterocycles. The van der Waals surface area contributed by atoms with Gasteiger partial charge in [-0.05, 0) is 12.1 Å². The standard InChI is InChI=1S/C20H22F3N7O2/c1-20(2,3)12-6-16-29(9-15(31)26-14-5-4-11(21)7-24-14)18-17(19(32)30(16)27-12)28(10-25-18)8-13(22)23/h4-5,7,10,13,16H,6,8-9H2,1-3H3,(H,24,26,31). The molecule has 0 fully saturated rings. The molecule has 0 bridgehead atoms. The second kappa shape index (κ2) is 7.92. The highest BCUT2D eigenvalue weighted by Gasteiger charge is 2.47. The van der Waals surface area contributed by atoms with Gasteiger partial charge in [0.15, 0.2) is 11.5 Å². The summed E-state index contributed by atoms with van der Waals surface area (Å²) in [5.41, 5.74) is 0.361. The van der Waals surface area contributed by atoms with Crippen LogP contribution in [0.2, 0.25) is 0 Å². The molecule has 0 saturated carbocycles. The van der Waals surface area contributed by atoms with Gasteiger partial charge in [-0.1, -0.05) is 20.8 Å². The van der Waals surface area contributed by atoms with E-state index in [1.54, 1.807) is 4.90 Å². The zero-order valence-corrected chi connectivity index (χ0v) is 17.7. The van der Waals surface area contributed by atoms with Crippen LogP contribution < -0.4 is 10.2 Å². The summed E-state index contributed by atoms with van der Waals surface area (Å²) in [4.78, 5) is 35.4. The smallest absolute Gasteiger partial charge is 0.296 e. The first-order valence-corrected chi connectivity index (χ1v) is 9.97. The number of pyridine rings is 1. The minimum atomic E-state index is -2.69. The minimum Gasteiger partial charge on any atom is -0.323 e. The summed E-state index contributed by atoms with van der Waals surface area (Å²) in [6.07, 6.45) is -0.796. The molecule has 4 heterocycles. The summed E-state index contributed by atoms with van der Waals surface area (Å²) in [5, 5.41) is 8.25. The predicted molar refractivity (Wildman–Crippen MR) is 110 cm³/mol. The lowest BCUT2D eigenvalue weighted by Gasteiger charge is -2.37. The van der Waals surface area contributed by atoms with Crippen molar-refractivity contribution < 1.29 is 22.8 Å². The van der Waals surface area contributed by atoms with Crippen LogP contribution in [0.5, 0.6) is 0 Å². The lowest BCUT2D eigenvalue weighted by Crippen LogP contribution is -2.54. The Bertz CT molecular complexity index is 1080. The third-order valence-electron chi connectivity index (χ3n) is 5.26. The van der Waals surface area contributed by atoms with Crippen molar-refractivity contribution in [2.45, 2.75) is 46.3 Å². The van der Waals surface area contributed by atoms with Crippen LogP contribution in [-0.4, -0.2) is 56.2 Å². The van der Waals surface area contributed by atoms with Gasteiger partial charge in [0, 0.05) is 17.5 Å². The summed E-state index contributed by atoms with van der Waals surface area (Å²) < 4.78 is 40.2. The van der Waals surface area contributed by atoms with Gasteiger partial charge in [0.2, 0.25) is 5.91 Å². The maximum atomic E-state index is 13.1. The van der Waals surface area contributed by atoms with Gasteiger partial charge in [-0.3, -0.25) is 9.59 Å². The van der Waals surface area contributed by atoms with E-state index in [9.17, 15) is 22.8 Å². The molecule has 2 aromatic rings. The van der Waals surface area contributed by atoms with Gasteiger partial charge in [-0.15, -0.1) is 0 Å². The Labute approximate surface area is 181 Å². The highest BCUT2D eigenvalue weighted by atomic mass is 19.3. The molecule has 12 heteroatoms. The fourth-order valence-electron chi connectivity index (χ4n) is 3.68. The number of hydrazone groups is 1. The van der Waals surface area contributed by atoms with Crippen molar-refractivity contribution in [1.29, 1.82) is 0 Å². The molecule has 2 aliphatic heterocycles. The SMILES string of the molecule is CC(C)(C)C1=NN2C(=O)c3c(ncn3CC(F)F)N(CC(=O)Nc3ccc(F)cn3)C2C1. The van der Waals surface area contributed by atoms with E-state index >= 15 is 0 Å². The van der Waals surface area contributed by atoms with Crippen molar-refractivity contribution >= 4 is 29.2 Å². The van der Waals surface area contributed by atoms with Gasteiger partial charge in [-0.2, -0.15) is 5.10 Å². The molecular formula is C20H22F3N7O2. The number of hydrogen-bond donors (Lipinski definition) is 1. The lowest BCUT2D eigenvalue weighted by atomic mass is 9.88. The third-order valence-corrected chi connectivity index (χ3v) is 5.26. The average Bonchev–Trinajstić information content (AvgIpc) is 3.32. The molecule has 0 aliphatic carbocycles. The molecule has 2 amide bonds. The molecule has 1 unspecified atom stereocenters. The Kier molecular flexibility index (Phi) is 5.39. The van der Waals surface area contributed by atoms with Crippen LogP contribution in [0.4, 0.5) is 24.8 Å². The normalized spacial score (nSPS) is 18.0. The number of aromatic nitrogens is 3. The fourth-order valence-corrected chi connectivity index (χ4v) is 3.68. The largest absolute Gasteiger partial charge is 0.323 e. The molecule has 1 N–H and O–H groups in total. The Morgan fingerprint density at radius 3 is 2.66 bits per heavy atom. The van der Waals surface area contributed by atoms with E-state index < -0.39 is 36.8 Å². The molecule has 0 spiro atoms. The van der Waals surface area contributed by atoms with Crippen LogP contribution in [-0.2, 0) is 11.3 Å². The van der Waals surface area contributed by atoms with E-state index in [1.165, 1.54) is 11.1 Å². The number of halogens is 3. The van der Waals surface area contributed by atoms with Gasteiger partial charge in [-0.25, -0.2) is 28.1 Å². The number of amides is 2. The Morgan fingerprint density at radius 1 is 1.28 bits per heavy atom. The van der Waals surface area contributed by atoms with Crippen LogP contribution in [0.25, 0.3) is 0 Å². The summed E-state index contributed by atoms with van der Waals surface area (Å²) in [5.74, 6) is -1.27. The molecule has 32 heavy (non-hydrogen) atoms. The van der Waals surface area contributed by atoms with Crippen molar-refractivity contribution in [2.75, 3.05) is 16.8 Å². The van der Waals surface area contributed by atoms with Gasteiger partial charge in [0.25, 0.3) is 12.3 Å². The van der Waals surface area contributed by atoms with Crippen LogP contribution in [0, 0.1) is 11.2 Å². The number of nitrogens with zero attached hydrogens (tertiary/aromatic N) is 6. The minimum absolute atomic E-state index is 0.0480.